The lowest BCUT2D eigenvalue weighted by molar-refractivity contribution is -0.117. The largest absolute Gasteiger partial charge is 0.339 e. The Morgan fingerprint density at radius 2 is 1.92 bits per heavy atom. The highest BCUT2D eigenvalue weighted by molar-refractivity contribution is 6.31. The van der Waals surface area contributed by atoms with Gasteiger partial charge >= 0.3 is 0 Å². The number of hydrogen-bond donors (Lipinski definition) is 2. The van der Waals surface area contributed by atoms with E-state index in [0.717, 1.165) is 45.2 Å². The number of benzene rings is 1. The summed E-state index contributed by atoms with van der Waals surface area (Å²) in [6.45, 7) is 1.52. The smallest absolute Gasteiger partial charge is 0.256 e. The summed E-state index contributed by atoms with van der Waals surface area (Å²) in [4.78, 5) is 26.9. The fourth-order valence-corrected chi connectivity index (χ4v) is 3.82. The van der Waals surface area contributed by atoms with E-state index < -0.39 is 0 Å². The molecule has 0 aromatic heterocycles. The monoisotopic (exact) mass is 385 g/mol. The molecular weight excluding hydrogens is 361 g/mol. The van der Waals surface area contributed by atoms with Crippen LogP contribution in [0.15, 0.2) is 18.2 Å². The number of anilines is 1. The number of amides is 2. The van der Waals surface area contributed by atoms with Crippen LogP contribution < -0.4 is 11.1 Å². The van der Waals surface area contributed by atoms with Crippen molar-refractivity contribution in [1.82, 2.24) is 4.90 Å². The van der Waals surface area contributed by atoms with E-state index >= 15 is 0 Å². The Balaban J connectivity index is 0.00000225. The Morgan fingerprint density at radius 1 is 1.20 bits per heavy atom. The minimum atomic E-state index is -0.0878. The van der Waals surface area contributed by atoms with Gasteiger partial charge in [0.2, 0.25) is 5.91 Å². The van der Waals surface area contributed by atoms with Crippen molar-refractivity contribution in [2.75, 3.05) is 18.4 Å². The minimum Gasteiger partial charge on any atom is -0.339 e. The van der Waals surface area contributed by atoms with Gasteiger partial charge in [-0.2, -0.15) is 0 Å². The molecule has 2 aliphatic rings. The lowest BCUT2D eigenvalue weighted by Gasteiger charge is -2.19. The molecule has 25 heavy (non-hydrogen) atoms. The van der Waals surface area contributed by atoms with Crippen LogP contribution in [0.3, 0.4) is 0 Å². The SMILES string of the molecule is Cl.N[C@@H]1CCC[C@H]1CC(=O)Nc1ccc(Cl)cc1C(=O)N1CCCC1. The number of carbonyl (C=O) groups excluding carboxylic acids is 2. The molecule has 138 valence electrons. The highest BCUT2D eigenvalue weighted by atomic mass is 35.5. The molecule has 0 bridgehead atoms. The molecular formula is C18H25Cl2N3O2. The number of nitrogens with zero attached hydrogens (tertiary/aromatic N) is 1. The van der Waals surface area contributed by atoms with Gasteiger partial charge in [-0.25, -0.2) is 0 Å². The van der Waals surface area contributed by atoms with Crippen LogP contribution >= 0.6 is 24.0 Å². The number of carbonyl (C=O) groups is 2. The predicted octanol–water partition coefficient (Wildman–Crippen LogP) is 3.45. The van der Waals surface area contributed by atoms with Gasteiger partial charge < -0.3 is 16.0 Å². The van der Waals surface area contributed by atoms with E-state index in [4.69, 9.17) is 17.3 Å². The zero-order chi connectivity index (χ0) is 17.1. The van der Waals surface area contributed by atoms with Crippen LogP contribution in [0.25, 0.3) is 0 Å². The maximum absolute atomic E-state index is 12.7. The second-order valence-electron chi connectivity index (χ2n) is 6.80. The number of halogens is 2. The van der Waals surface area contributed by atoms with Crippen molar-refractivity contribution < 1.29 is 9.59 Å². The van der Waals surface area contributed by atoms with Gasteiger partial charge in [-0.15, -0.1) is 12.4 Å². The molecule has 7 heteroatoms. The van der Waals surface area contributed by atoms with E-state index in [-0.39, 0.29) is 36.2 Å². The van der Waals surface area contributed by atoms with Gasteiger partial charge in [0.25, 0.3) is 5.91 Å². The second-order valence-corrected chi connectivity index (χ2v) is 7.23. The van der Waals surface area contributed by atoms with Crippen LogP contribution in [0, 0.1) is 5.92 Å². The molecule has 2 amide bonds. The van der Waals surface area contributed by atoms with E-state index in [1.807, 2.05) is 4.90 Å². The van der Waals surface area contributed by atoms with Crippen molar-refractivity contribution in [3.63, 3.8) is 0 Å². The zero-order valence-corrected chi connectivity index (χ0v) is 15.7. The second kappa shape index (κ2) is 8.88. The number of nitrogens with one attached hydrogen (secondary N) is 1. The molecule has 3 N–H and O–H groups in total. The Labute approximate surface area is 159 Å². The highest BCUT2D eigenvalue weighted by Gasteiger charge is 2.27. The topological polar surface area (TPSA) is 75.4 Å². The molecule has 1 aromatic rings. The van der Waals surface area contributed by atoms with Crippen LogP contribution in [-0.4, -0.2) is 35.8 Å². The average molecular weight is 386 g/mol. The van der Waals surface area contributed by atoms with Gasteiger partial charge in [0, 0.05) is 30.6 Å². The number of hydrogen-bond acceptors (Lipinski definition) is 3. The van der Waals surface area contributed by atoms with E-state index in [2.05, 4.69) is 5.32 Å². The van der Waals surface area contributed by atoms with Gasteiger partial charge in [-0.05, 0) is 49.8 Å². The van der Waals surface area contributed by atoms with E-state index in [1.54, 1.807) is 18.2 Å². The van der Waals surface area contributed by atoms with Crippen molar-refractivity contribution >= 4 is 41.5 Å². The molecule has 0 unspecified atom stereocenters. The molecule has 2 fully saturated rings. The van der Waals surface area contributed by atoms with Crippen molar-refractivity contribution in [2.24, 2.45) is 11.7 Å². The maximum Gasteiger partial charge on any atom is 0.256 e. The van der Waals surface area contributed by atoms with Crippen LogP contribution in [0.4, 0.5) is 5.69 Å². The third-order valence-electron chi connectivity index (χ3n) is 5.04. The molecule has 1 aromatic carbocycles. The number of rotatable bonds is 4. The first-order valence-electron chi connectivity index (χ1n) is 8.69. The maximum atomic E-state index is 12.7. The summed E-state index contributed by atoms with van der Waals surface area (Å²) >= 11 is 6.06. The van der Waals surface area contributed by atoms with E-state index in [1.165, 1.54) is 0 Å². The van der Waals surface area contributed by atoms with Crippen molar-refractivity contribution in [2.45, 2.75) is 44.6 Å². The minimum absolute atomic E-state index is 0. The summed E-state index contributed by atoms with van der Waals surface area (Å²) in [5.74, 6) is 0.0769. The van der Waals surface area contributed by atoms with Gasteiger partial charge in [0.1, 0.15) is 0 Å². The lowest BCUT2D eigenvalue weighted by atomic mass is 9.99. The van der Waals surface area contributed by atoms with Crippen LogP contribution in [0.1, 0.15) is 48.9 Å². The Morgan fingerprint density at radius 3 is 2.56 bits per heavy atom. The van der Waals surface area contributed by atoms with E-state index in [9.17, 15) is 9.59 Å². The van der Waals surface area contributed by atoms with Gasteiger partial charge in [0.15, 0.2) is 0 Å². The van der Waals surface area contributed by atoms with Crippen LogP contribution in [0.5, 0.6) is 0 Å². The third-order valence-corrected chi connectivity index (χ3v) is 5.28. The molecule has 0 radical (unpaired) electrons. The standard InChI is InChI=1S/C18H24ClN3O2.ClH/c19-13-6-7-16(14(11-13)18(24)22-8-1-2-9-22)21-17(23)10-12-4-3-5-15(12)20;/h6-7,11-12,15H,1-5,8-10,20H2,(H,21,23);1H/t12-,15+;/m0./s1. The molecule has 1 saturated carbocycles. The summed E-state index contributed by atoms with van der Waals surface area (Å²) in [6, 6.07) is 5.14. The Hall–Kier alpha value is -1.30. The van der Waals surface area contributed by atoms with Crippen LogP contribution in [-0.2, 0) is 4.79 Å². The predicted molar refractivity (Wildman–Crippen MR) is 102 cm³/mol. The van der Waals surface area contributed by atoms with Gasteiger partial charge in [0.05, 0.1) is 11.3 Å². The molecule has 0 spiro atoms. The van der Waals surface area contributed by atoms with Crippen molar-refractivity contribution in [1.29, 1.82) is 0 Å². The summed E-state index contributed by atoms with van der Waals surface area (Å²) in [5.41, 5.74) is 7.04. The summed E-state index contributed by atoms with van der Waals surface area (Å²) in [6.07, 6.45) is 5.51. The van der Waals surface area contributed by atoms with Gasteiger partial charge in [-0.3, -0.25) is 9.59 Å². The average Bonchev–Trinajstić information content (AvgIpc) is 3.21. The van der Waals surface area contributed by atoms with Gasteiger partial charge in [-0.1, -0.05) is 18.0 Å². The quantitative estimate of drug-likeness (QED) is 0.832. The molecule has 1 saturated heterocycles. The summed E-state index contributed by atoms with van der Waals surface area (Å²) in [7, 11) is 0. The lowest BCUT2D eigenvalue weighted by Crippen LogP contribution is -2.30. The first-order valence-corrected chi connectivity index (χ1v) is 9.06. The van der Waals surface area contributed by atoms with E-state index in [0.29, 0.717) is 22.7 Å². The molecule has 3 rings (SSSR count). The Kier molecular flexibility index (Phi) is 7.11. The molecule has 2 atom stereocenters. The first kappa shape index (κ1) is 20.0. The first-order chi connectivity index (χ1) is 11.5. The summed E-state index contributed by atoms with van der Waals surface area (Å²) in [5, 5.41) is 3.38. The Bertz CT molecular complexity index is 633. The fourth-order valence-electron chi connectivity index (χ4n) is 3.65. The van der Waals surface area contributed by atoms with Crippen molar-refractivity contribution in [3.05, 3.63) is 28.8 Å². The van der Waals surface area contributed by atoms with Crippen LogP contribution in [0.2, 0.25) is 5.02 Å². The normalized spacial score (nSPS) is 22.6. The molecule has 1 heterocycles. The fraction of sp³-hybridized carbons (Fsp3) is 0.556. The summed E-state index contributed by atoms with van der Waals surface area (Å²) < 4.78 is 0. The highest BCUT2D eigenvalue weighted by Crippen LogP contribution is 2.28. The third kappa shape index (κ3) is 4.87. The number of nitrogens with two attached hydrogens (primary N) is 1. The number of likely N-dealkylation sites (tertiary alicyclic amines) is 1. The molecule has 5 nitrogen and oxygen atoms in total. The van der Waals surface area contributed by atoms with Crippen molar-refractivity contribution in [3.8, 4) is 0 Å². The zero-order valence-electron chi connectivity index (χ0n) is 14.2. The molecule has 1 aliphatic heterocycles. The molecule has 1 aliphatic carbocycles.